The van der Waals surface area contributed by atoms with Crippen LogP contribution in [0.4, 0.5) is 4.39 Å². The lowest BCUT2D eigenvalue weighted by Gasteiger charge is -2.21. The molecule has 7 nitrogen and oxygen atoms in total. The number of hydrogen-bond donors (Lipinski definition) is 4. The van der Waals surface area contributed by atoms with E-state index in [1.165, 1.54) is 24.3 Å². The number of hydrogen-bond acceptors (Lipinski definition) is 7. The first kappa shape index (κ1) is 30.6. The van der Waals surface area contributed by atoms with Gasteiger partial charge in [-0.2, -0.15) is 30.4 Å². The lowest BCUT2D eigenvalue weighted by atomic mass is 10.1. The smallest absolute Gasteiger partial charge is 0.238 e. The van der Waals surface area contributed by atoms with Gasteiger partial charge in [-0.15, -0.1) is 0 Å². The van der Waals surface area contributed by atoms with E-state index < -0.39 is 10.0 Å². The average molecular weight is 580 g/mol. The largest absolute Gasteiger partial charge is 0.315 e. The number of nitrogens with two attached hydrogens (primary N) is 1. The van der Waals surface area contributed by atoms with E-state index in [-0.39, 0.29) is 10.7 Å². The van der Waals surface area contributed by atoms with Crippen molar-refractivity contribution in [2.45, 2.75) is 37.0 Å². The minimum atomic E-state index is -3.78. The van der Waals surface area contributed by atoms with E-state index in [1.54, 1.807) is 28.9 Å². The molecule has 11 heteroatoms. The fourth-order valence-corrected chi connectivity index (χ4v) is 5.22. The highest BCUT2D eigenvalue weighted by Crippen LogP contribution is 2.26. The number of halogens is 1. The van der Waals surface area contributed by atoms with Gasteiger partial charge >= 0.3 is 0 Å². The summed E-state index contributed by atoms with van der Waals surface area (Å²) in [5.74, 6) is 1.40. The van der Waals surface area contributed by atoms with Crippen LogP contribution in [0.5, 0.6) is 0 Å². The summed E-state index contributed by atoms with van der Waals surface area (Å²) in [6.45, 7) is 4.99. The molecule has 1 heterocycles. The Balaban J connectivity index is 1.60. The Bertz CT molecular complexity index is 1220. The van der Waals surface area contributed by atoms with Gasteiger partial charge in [0.2, 0.25) is 10.0 Å². The van der Waals surface area contributed by atoms with Crippen LogP contribution in [0.15, 0.2) is 59.5 Å². The van der Waals surface area contributed by atoms with Gasteiger partial charge in [-0.25, -0.2) is 22.6 Å². The molecule has 0 saturated carbocycles. The number of benzene rings is 2. The van der Waals surface area contributed by atoms with Gasteiger partial charge in [-0.3, -0.25) is 0 Å². The summed E-state index contributed by atoms with van der Waals surface area (Å²) in [5, 5.41) is 13.4. The van der Waals surface area contributed by atoms with Crippen LogP contribution in [0.1, 0.15) is 31.4 Å². The molecule has 0 radical (unpaired) electrons. The average Bonchev–Trinajstić information content (AvgIpc) is 3.32. The Morgan fingerprint density at radius 3 is 2.26 bits per heavy atom. The second kappa shape index (κ2) is 15.6. The molecule has 2 aromatic carbocycles. The minimum absolute atomic E-state index is 0.0406. The van der Waals surface area contributed by atoms with Crippen molar-refractivity contribution in [1.82, 2.24) is 20.0 Å². The molecule has 1 aromatic heterocycles. The van der Waals surface area contributed by atoms with E-state index in [4.69, 9.17) is 10.2 Å². The van der Waals surface area contributed by atoms with Gasteiger partial charge < -0.3 is 10.2 Å². The molecule has 208 valence electrons. The van der Waals surface area contributed by atoms with Crippen molar-refractivity contribution in [3.8, 4) is 16.9 Å². The third kappa shape index (κ3) is 9.69. The van der Waals surface area contributed by atoms with Crippen LogP contribution in [0, 0.1) is 5.82 Å². The first-order chi connectivity index (χ1) is 18.3. The Morgan fingerprint density at radius 1 is 0.895 bits per heavy atom. The maximum atomic E-state index is 13.5. The molecule has 0 spiro atoms. The Kier molecular flexibility index (Phi) is 12.6. The number of nitrogens with one attached hydrogen (secondary N) is 1. The summed E-state index contributed by atoms with van der Waals surface area (Å²) in [6, 6.07) is 14.6. The summed E-state index contributed by atoms with van der Waals surface area (Å²) in [4.78, 5) is 2.50. The molecule has 0 amide bonds. The summed E-state index contributed by atoms with van der Waals surface area (Å²) < 4.78 is 38.6. The van der Waals surface area contributed by atoms with Crippen LogP contribution in [0.3, 0.4) is 0 Å². The lowest BCUT2D eigenvalue weighted by molar-refractivity contribution is 0.283. The molecule has 0 saturated heterocycles. The van der Waals surface area contributed by atoms with Crippen molar-refractivity contribution in [1.29, 1.82) is 0 Å². The number of sulfonamides is 1. The zero-order valence-corrected chi connectivity index (χ0v) is 24.2. The molecular weight excluding hydrogens is 542 g/mol. The van der Waals surface area contributed by atoms with E-state index in [1.807, 2.05) is 6.07 Å². The molecule has 0 aliphatic carbocycles. The Morgan fingerprint density at radius 2 is 1.61 bits per heavy atom. The maximum Gasteiger partial charge on any atom is 0.238 e. The van der Waals surface area contributed by atoms with Gasteiger partial charge in [0.15, 0.2) is 0 Å². The summed E-state index contributed by atoms with van der Waals surface area (Å²) in [7, 11) is -3.78. The molecule has 0 aliphatic heterocycles. The highest BCUT2D eigenvalue weighted by atomic mass is 32.2. The fraction of sp³-hybridized carbons (Fsp3) is 0.444. The molecule has 0 atom stereocenters. The maximum absolute atomic E-state index is 13.5. The number of primary sulfonamides is 1. The van der Waals surface area contributed by atoms with Crippen molar-refractivity contribution in [3.05, 3.63) is 66.1 Å². The van der Waals surface area contributed by atoms with Crippen LogP contribution < -0.4 is 10.5 Å². The van der Waals surface area contributed by atoms with Crippen LogP contribution in [0.25, 0.3) is 16.9 Å². The molecule has 38 heavy (non-hydrogen) atoms. The molecular formula is C27H38FN5O2S3. The van der Waals surface area contributed by atoms with E-state index >= 15 is 0 Å². The number of rotatable bonds is 17. The Hall–Kier alpha value is -1.89. The van der Waals surface area contributed by atoms with Gasteiger partial charge in [-0.1, -0.05) is 12.8 Å². The van der Waals surface area contributed by atoms with Crippen LogP contribution in [-0.2, 0) is 16.4 Å². The number of thiol groups is 2. The highest BCUT2D eigenvalue weighted by Gasteiger charge is 2.14. The molecule has 0 unspecified atom stereocenters. The number of aromatic nitrogens is 2. The predicted molar refractivity (Wildman–Crippen MR) is 160 cm³/mol. The Labute approximate surface area is 236 Å². The van der Waals surface area contributed by atoms with Crippen molar-refractivity contribution in [3.63, 3.8) is 0 Å². The van der Waals surface area contributed by atoms with E-state index in [0.29, 0.717) is 5.69 Å². The van der Waals surface area contributed by atoms with Crippen LogP contribution in [0.2, 0.25) is 0 Å². The van der Waals surface area contributed by atoms with Gasteiger partial charge in [0, 0.05) is 43.2 Å². The van der Waals surface area contributed by atoms with Crippen LogP contribution >= 0.6 is 25.3 Å². The SMILES string of the molecule is NS(=O)(=O)c1ccc(-n2nc(CCCCCCN(CCS)CCNCCS)cc2-c2ccc(F)cc2)cc1. The number of aryl methyl sites for hydroxylation is 1. The zero-order valence-electron chi connectivity index (χ0n) is 21.6. The van der Waals surface area contributed by atoms with Crippen LogP contribution in [-0.4, -0.2) is 67.3 Å². The summed E-state index contributed by atoms with van der Waals surface area (Å²) >= 11 is 8.62. The third-order valence-electron chi connectivity index (χ3n) is 6.28. The van der Waals surface area contributed by atoms with Crippen molar-refractivity contribution in [2.75, 3.05) is 44.2 Å². The second-order valence-electron chi connectivity index (χ2n) is 9.18. The first-order valence-electron chi connectivity index (χ1n) is 12.9. The summed E-state index contributed by atoms with van der Waals surface area (Å²) in [6.07, 6.45) is 5.23. The van der Waals surface area contributed by atoms with E-state index in [9.17, 15) is 12.8 Å². The van der Waals surface area contributed by atoms with Crippen molar-refractivity contribution in [2.24, 2.45) is 5.14 Å². The third-order valence-corrected chi connectivity index (χ3v) is 7.63. The quantitative estimate of drug-likeness (QED) is 0.142. The number of unbranched alkanes of at least 4 members (excludes halogenated alkanes) is 3. The van der Waals surface area contributed by atoms with Gasteiger partial charge in [0.25, 0.3) is 0 Å². The molecule has 3 N–H and O–H groups in total. The topological polar surface area (TPSA) is 93.2 Å². The predicted octanol–water partition coefficient (Wildman–Crippen LogP) is 4.18. The molecule has 0 bridgehead atoms. The molecule has 3 rings (SSSR count). The molecule has 0 fully saturated rings. The molecule has 3 aromatic rings. The van der Waals surface area contributed by atoms with Crippen molar-refractivity contribution < 1.29 is 12.8 Å². The van der Waals surface area contributed by atoms with E-state index in [2.05, 4.69) is 35.5 Å². The monoisotopic (exact) mass is 579 g/mol. The number of nitrogens with zero attached hydrogens (tertiary/aromatic N) is 3. The summed E-state index contributed by atoms with van der Waals surface area (Å²) in [5.41, 5.74) is 3.29. The zero-order chi connectivity index (χ0) is 27.4. The highest BCUT2D eigenvalue weighted by molar-refractivity contribution is 7.89. The van der Waals surface area contributed by atoms with E-state index in [0.717, 1.165) is 93.3 Å². The van der Waals surface area contributed by atoms with Crippen molar-refractivity contribution >= 4 is 35.3 Å². The minimum Gasteiger partial charge on any atom is -0.315 e. The standard InChI is InChI=1S/C27H38FN5O2S3/c28-23-8-6-22(7-9-23)27-21-24(31-33(27)25-10-12-26(13-11-25)38(29,34)35)5-3-1-2-4-16-32(18-20-37)17-14-30-15-19-36/h6-13,21,30,36-37H,1-5,14-20H2,(H2,29,34,35). The fourth-order valence-electron chi connectivity index (χ4n) is 4.27. The molecule has 0 aliphatic rings. The first-order valence-corrected chi connectivity index (χ1v) is 15.8. The lowest BCUT2D eigenvalue weighted by Crippen LogP contribution is -2.34. The normalized spacial score (nSPS) is 11.9. The van der Waals surface area contributed by atoms with Gasteiger partial charge in [0.05, 0.1) is 22.0 Å². The second-order valence-corrected chi connectivity index (χ2v) is 11.6. The van der Waals surface area contributed by atoms with Gasteiger partial charge in [0.1, 0.15) is 5.82 Å². The van der Waals surface area contributed by atoms with Gasteiger partial charge in [-0.05, 0) is 80.4 Å².